The molecule has 0 amide bonds. The first kappa shape index (κ1) is 4.00. The quantitative estimate of drug-likeness (QED) is 0.773. The molecule has 3 nitrogen and oxygen atoms in total. The van der Waals surface area contributed by atoms with E-state index in [-0.39, 0.29) is 11.3 Å². The van der Waals surface area contributed by atoms with E-state index in [9.17, 15) is 0 Å². The van der Waals surface area contributed by atoms with Gasteiger partial charge in [0, 0.05) is 27.0 Å². The monoisotopic (exact) mass is 246 g/mol. The fourth-order valence-corrected chi connectivity index (χ4v) is 1.65. The third kappa shape index (κ3) is 1.31. The Morgan fingerprint density at radius 2 is 2.54 bits per heavy atom. The molecule has 0 bridgehead atoms. The van der Waals surface area contributed by atoms with Gasteiger partial charge < -0.3 is 4.74 Å². The summed E-state index contributed by atoms with van der Waals surface area (Å²) in [5.41, 5.74) is 0.272. The number of fused-ring (bicyclic) bond motifs is 1. The van der Waals surface area contributed by atoms with Crippen LogP contribution < -0.4 is 4.74 Å². The Bertz CT molecular complexity index is 617. The zero-order valence-corrected chi connectivity index (χ0v) is 8.00. The van der Waals surface area contributed by atoms with Crippen molar-refractivity contribution < 1.29 is 13.0 Å². The van der Waals surface area contributed by atoms with E-state index in [1.807, 2.05) is 0 Å². The zero-order chi connectivity index (χ0) is 14.4. The van der Waals surface area contributed by atoms with Gasteiger partial charge in [-0.05, 0) is 22.0 Å². The summed E-state index contributed by atoms with van der Waals surface area (Å²) < 4.78 is 49.4. The number of aryl methyl sites for hydroxylation is 1. The minimum atomic E-state index is -2.60. The van der Waals surface area contributed by atoms with E-state index in [0.717, 1.165) is 4.68 Å². The van der Waals surface area contributed by atoms with Gasteiger partial charge in [-0.2, -0.15) is 5.10 Å². The number of nitrogens with zero attached hydrogens (tertiary/aromatic N) is 2. The fourth-order valence-electron chi connectivity index (χ4n) is 1.12. The first-order valence-electron chi connectivity index (χ1n) is 6.45. The molecule has 0 fully saturated rings. The van der Waals surface area contributed by atoms with Crippen LogP contribution in [0.15, 0.2) is 22.8 Å². The lowest BCUT2D eigenvalue weighted by Gasteiger charge is -2.02. The molecule has 1 aromatic carbocycles. The summed E-state index contributed by atoms with van der Waals surface area (Å²) in [6.07, 6.45) is 1.39. The molecule has 0 spiro atoms. The van der Waals surface area contributed by atoms with Crippen LogP contribution in [0.2, 0.25) is 0 Å². The first-order valence-corrected chi connectivity index (χ1v) is 4.24. The summed E-state index contributed by atoms with van der Waals surface area (Å²) >= 11 is 3.23. The highest BCUT2D eigenvalue weighted by atomic mass is 79.9. The second kappa shape index (κ2) is 3.03. The van der Waals surface area contributed by atoms with Gasteiger partial charge in [0.25, 0.3) is 0 Å². The van der Waals surface area contributed by atoms with Crippen molar-refractivity contribution in [1.82, 2.24) is 9.78 Å². The Hall–Kier alpha value is -1.03. The second-order valence-corrected chi connectivity index (χ2v) is 3.35. The normalized spacial score (nSPS) is 19.5. The maximum Gasteiger partial charge on any atom is 0.122 e. The summed E-state index contributed by atoms with van der Waals surface area (Å²) in [6.45, 7) is -2.44. The molecule has 1 aromatic heterocycles. The minimum absolute atomic E-state index is 0.0466. The molecule has 0 atom stereocenters. The summed E-state index contributed by atoms with van der Waals surface area (Å²) in [6, 6.07) is 2.80. The number of hydrogen-bond acceptors (Lipinski definition) is 2. The average Bonchev–Trinajstić information content (AvgIpc) is 2.57. The number of benzene rings is 1. The van der Waals surface area contributed by atoms with E-state index in [2.05, 4.69) is 21.0 Å². The van der Waals surface area contributed by atoms with E-state index in [0.29, 0.717) is 9.86 Å². The third-order valence-electron chi connectivity index (χ3n) is 1.73. The summed E-state index contributed by atoms with van der Waals surface area (Å²) in [4.78, 5) is 0. The molecule has 0 saturated carbocycles. The third-order valence-corrected chi connectivity index (χ3v) is 2.39. The molecule has 0 aliphatic heterocycles. The highest BCUT2D eigenvalue weighted by molar-refractivity contribution is 9.10. The van der Waals surface area contributed by atoms with Crippen molar-refractivity contribution in [1.29, 1.82) is 0 Å². The minimum Gasteiger partial charge on any atom is -0.497 e. The number of ether oxygens (including phenoxy) is 1. The molecule has 0 N–H and O–H groups in total. The van der Waals surface area contributed by atoms with Crippen molar-refractivity contribution in [3.05, 3.63) is 22.8 Å². The maximum absolute atomic E-state index is 7.36. The van der Waals surface area contributed by atoms with Gasteiger partial charge in [-0.3, -0.25) is 4.68 Å². The second-order valence-electron chi connectivity index (χ2n) is 2.50. The van der Waals surface area contributed by atoms with Crippen LogP contribution in [-0.2, 0) is 6.98 Å². The maximum atomic E-state index is 7.36. The van der Waals surface area contributed by atoms with Crippen LogP contribution in [0.25, 0.3) is 10.9 Å². The van der Waals surface area contributed by atoms with Crippen LogP contribution in [0.1, 0.15) is 8.22 Å². The van der Waals surface area contributed by atoms with E-state index < -0.39 is 14.0 Å². The SMILES string of the molecule is [2H]C([2H])([2H])Oc1cc(Br)c2cnn(C([2H])([2H])[2H])c2c1. The van der Waals surface area contributed by atoms with E-state index in [1.54, 1.807) is 0 Å². The van der Waals surface area contributed by atoms with Crippen molar-refractivity contribution in [3.63, 3.8) is 0 Å². The van der Waals surface area contributed by atoms with Gasteiger partial charge in [-0.15, -0.1) is 0 Å². The van der Waals surface area contributed by atoms with Gasteiger partial charge in [0.1, 0.15) is 5.75 Å². The van der Waals surface area contributed by atoms with Crippen LogP contribution in [0, 0.1) is 0 Å². The smallest absolute Gasteiger partial charge is 0.122 e. The number of rotatable bonds is 1. The molecule has 1 heterocycles. The molecule has 0 aliphatic carbocycles. The zero-order valence-electron chi connectivity index (χ0n) is 12.4. The standard InChI is InChI=1S/C9H9BrN2O/c1-12-9-4-6(13-2)3-8(10)7(9)5-11-12/h3-5H,1-2H3/i1D3,2D3. The highest BCUT2D eigenvalue weighted by Gasteiger charge is 2.05. The lowest BCUT2D eigenvalue weighted by Crippen LogP contribution is -1.90. The summed E-state index contributed by atoms with van der Waals surface area (Å²) in [5.74, 6) is 0.0466. The Morgan fingerprint density at radius 3 is 3.31 bits per heavy atom. The van der Waals surface area contributed by atoms with Gasteiger partial charge in [0.05, 0.1) is 22.9 Å². The van der Waals surface area contributed by atoms with E-state index >= 15 is 0 Å². The van der Waals surface area contributed by atoms with E-state index in [4.69, 9.17) is 13.0 Å². The molecule has 68 valence electrons. The molecule has 13 heavy (non-hydrogen) atoms. The molecule has 0 aliphatic rings. The molecule has 4 heteroatoms. The van der Waals surface area contributed by atoms with Gasteiger partial charge in [0.2, 0.25) is 0 Å². The van der Waals surface area contributed by atoms with Crippen LogP contribution in [0.3, 0.4) is 0 Å². The van der Waals surface area contributed by atoms with Gasteiger partial charge in [0.15, 0.2) is 0 Å². The summed E-state index contributed by atoms with van der Waals surface area (Å²) in [5, 5.41) is 4.36. The van der Waals surface area contributed by atoms with Crippen LogP contribution in [0.4, 0.5) is 0 Å². The van der Waals surface area contributed by atoms with Gasteiger partial charge >= 0.3 is 0 Å². The number of hydrogen-bond donors (Lipinski definition) is 0. The summed E-state index contributed by atoms with van der Waals surface area (Å²) in [7, 11) is -2.60. The Morgan fingerprint density at radius 1 is 1.62 bits per heavy atom. The van der Waals surface area contributed by atoms with Crippen molar-refractivity contribution >= 4 is 26.8 Å². The van der Waals surface area contributed by atoms with Crippen LogP contribution in [0.5, 0.6) is 5.75 Å². The molecular formula is C9H9BrN2O. The molecule has 0 radical (unpaired) electrons. The first-order chi connectivity index (χ1) is 8.58. The van der Waals surface area contributed by atoms with E-state index in [1.165, 1.54) is 18.3 Å². The lowest BCUT2D eigenvalue weighted by molar-refractivity contribution is 0.415. The predicted molar refractivity (Wildman–Crippen MR) is 55.0 cm³/mol. The largest absolute Gasteiger partial charge is 0.497 e. The highest BCUT2D eigenvalue weighted by Crippen LogP contribution is 2.28. The molecule has 0 saturated heterocycles. The number of methoxy groups -OCH3 is 1. The van der Waals surface area contributed by atoms with Crippen molar-refractivity contribution in [2.24, 2.45) is 6.98 Å². The van der Waals surface area contributed by atoms with Crippen LogP contribution in [-0.4, -0.2) is 16.8 Å². The van der Waals surface area contributed by atoms with Crippen molar-refractivity contribution in [2.75, 3.05) is 7.04 Å². The topological polar surface area (TPSA) is 27.1 Å². The lowest BCUT2D eigenvalue weighted by atomic mass is 10.2. The Kier molecular flexibility index (Phi) is 0.933. The molecule has 0 unspecified atom stereocenters. The van der Waals surface area contributed by atoms with Crippen LogP contribution >= 0.6 is 15.9 Å². The Balaban J connectivity index is 2.60. The average molecular weight is 247 g/mol. The number of aromatic nitrogens is 2. The Labute approximate surface area is 92.9 Å². The van der Waals surface area contributed by atoms with Gasteiger partial charge in [-0.1, -0.05) is 0 Å². The van der Waals surface area contributed by atoms with Gasteiger partial charge in [-0.25, -0.2) is 0 Å². The molecular weight excluding hydrogens is 232 g/mol. The van der Waals surface area contributed by atoms with Crippen molar-refractivity contribution in [3.8, 4) is 5.75 Å². The molecule has 2 rings (SSSR count). The fraction of sp³-hybridized carbons (Fsp3) is 0.222. The van der Waals surface area contributed by atoms with Crippen molar-refractivity contribution in [2.45, 2.75) is 0 Å². The predicted octanol–water partition coefficient (Wildman–Crippen LogP) is 2.34. The number of halogens is 1. The molecule has 2 aromatic rings.